The molecular formula is C12H24O3. The van der Waals surface area contributed by atoms with E-state index in [-0.39, 0.29) is 11.7 Å². The first-order valence-electron chi connectivity index (χ1n) is 5.79. The zero-order chi connectivity index (χ0) is 11.5. The number of hydrogen-bond donors (Lipinski definition) is 1. The van der Waals surface area contributed by atoms with Crippen LogP contribution in [0.4, 0.5) is 0 Å². The molecule has 0 saturated carbocycles. The maximum atomic E-state index is 9.57. The van der Waals surface area contributed by atoms with Crippen molar-refractivity contribution in [3.8, 4) is 0 Å². The molecule has 3 heteroatoms. The SMILES string of the molecule is CC(C)(O)CCOC(C)(C)C1CCCO1. The van der Waals surface area contributed by atoms with Crippen LogP contribution in [-0.4, -0.2) is 35.6 Å². The Kier molecular flexibility index (Phi) is 4.15. The van der Waals surface area contributed by atoms with Gasteiger partial charge in [-0.3, -0.25) is 0 Å². The number of hydrogen-bond acceptors (Lipinski definition) is 3. The van der Waals surface area contributed by atoms with Crippen LogP contribution in [0.25, 0.3) is 0 Å². The molecule has 1 atom stereocenters. The molecule has 0 bridgehead atoms. The minimum absolute atomic E-state index is 0.208. The smallest absolute Gasteiger partial charge is 0.0887 e. The van der Waals surface area contributed by atoms with Gasteiger partial charge in [0.1, 0.15) is 0 Å². The quantitative estimate of drug-likeness (QED) is 0.765. The van der Waals surface area contributed by atoms with Gasteiger partial charge in [-0.05, 0) is 47.0 Å². The fourth-order valence-electron chi connectivity index (χ4n) is 1.78. The Hall–Kier alpha value is -0.120. The predicted octanol–water partition coefficient (Wildman–Crippen LogP) is 2.12. The van der Waals surface area contributed by atoms with E-state index in [9.17, 15) is 5.11 Å². The highest BCUT2D eigenvalue weighted by Crippen LogP contribution is 2.27. The summed E-state index contributed by atoms with van der Waals surface area (Å²) >= 11 is 0. The topological polar surface area (TPSA) is 38.7 Å². The van der Waals surface area contributed by atoms with Crippen LogP contribution in [-0.2, 0) is 9.47 Å². The van der Waals surface area contributed by atoms with Crippen molar-refractivity contribution in [2.45, 2.75) is 64.3 Å². The van der Waals surface area contributed by atoms with E-state index in [2.05, 4.69) is 13.8 Å². The molecule has 0 aromatic heterocycles. The summed E-state index contributed by atoms with van der Waals surface area (Å²) in [6, 6.07) is 0. The molecule has 0 aliphatic carbocycles. The molecule has 1 rings (SSSR count). The van der Waals surface area contributed by atoms with Crippen LogP contribution in [0.2, 0.25) is 0 Å². The average Bonchev–Trinajstić information content (AvgIpc) is 2.52. The molecule has 90 valence electrons. The van der Waals surface area contributed by atoms with Crippen molar-refractivity contribution in [3.63, 3.8) is 0 Å². The van der Waals surface area contributed by atoms with Gasteiger partial charge in [0.25, 0.3) is 0 Å². The van der Waals surface area contributed by atoms with Crippen molar-refractivity contribution in [1.29, 1.82) is 0 Å². The molecule has 0 aromatic rings. The summed E-state index contributed by atoms with van der Waals surface area (Å²) in [5.74, 6) is 0. The first-order chi connectivity index (χ1) is 6.81. The normalized spacial score (nSPS) is 23.4. The van der Waals surface area contributed by atoms with Crippen LogP contribution in [0.3, 0.4) is 0 Å². The van der Waals surface area contributed by atoms with E-state index in [0.717, 1.165) is 19.4 Å². The van der Waals surface area contributed by atoms with Crippen molar-refractivity contribution >= 4 is 0 Å². The molecule has 0 aromatic carbocycles. The standard InChI is InChI=1S/C12H24O3/c1-11(2,13)7-9-15-12(3,4)10-6-5-8-14-10/h10,13H,5-9H2,1-4H3. The van der Waals surface area contributed by atoms with Gasteiger partial charge in [0, 0.05) is 6.61 Å². The van der Waals surface area contributed by atoms with Gasteiger partial charge >= 0.3 is 0 Å². The van der Waals surface area contributed by atoms with E-state index in [1.54, 1.807) is 13.8 Å². The fraction of sp³-hybridized carbons (Fsp3) is 1.00. The minimum atomic E-state index is -0.646. The lowest BCUT2D eigenvalue weighted by molar-refractivity contribution is -0.117. The Balaban J connectivity index is 2.29. The van der Waals surface area contributed by atoms with Crippen LogP contribution in [0.5, 0.6) is 0 Å². The zero-order valence-electron chi connectivity index (χ0n) is 10.4. The van der Waals surface area contributed by atoms with Gasteiger partial charge < -0.3 is 14.6 Å². The van der Waals surface area contributed by atoms with Gasteiger partial charge in [0.05, 0.1) is 23.9 Å². The van der Waals surface area contributed by atoms with E-state index in [0.29, 0.717) is 13.0 Å². The third-order valence-corrected chi connectivity index (χ3v) is 2.89. The van der Waals surface area contributed by atoms with Crippen LogP contribution < -0.4 is 0 Å². The summed E-state index contributed by atoms with van der Waals surface area (Å²) in [7, 11) is 0. The highest BCUT2D eigenvalue weighted by molar-refractivity contribution is 4.83. The molecule has 1 aliphatic heterocycles. The zero-order valence-corrected chi connectivity index (χ0v) is 10.4. The van der Waals surface area contributed by atoms with Crippen LogP contribution >= 0.6 is 0 Å². The van der Waals surface area contributed by atoms with Gasteiger partial charge in [-0.15, -0.1) is 0 Å². The van der Waals surface area contributed by atoms with Crippen molar-refractivity contribution in [3.05, 3.63) is 0 Å². The Bertz CT molecular complexity index is 188. The van der Waals surface area contributed by atoms with Crippen LogP contribution in [0.1, 0.15) is 47.0 Å². The lowest BCUT2D eigenvalue weighted by atomic mass is 9.98. The third kappa shape index (κ3) is 4.49. The molecule has 0 spiro atoms. The second-order valence-electron chi connectivity index (χ2n) is 5.52. The molecule has 0 amide bonds. The second kappa shape index (κ2) is 4.81. The Morgan fingerprint density at radius 3 is 2.47 bits per heavy atom. The van der Waals surface area contributed by atoms with E-state index < -0.39 is 5.60 Å². The maximum absolute atomic E-state index is 9.57. The van der Waals surface area contributed by atoms with Crippen LogP contribution in [0.15, 0.2) is 0 Å². The Morgan fingerprint density at radius 1 is 1.33 bits per heavy atom. The molecule has 1 fully saturated rings. The van der Waals surface area contributed by atoms with Crippen molar-refractivity contribution in [1.82, 2.24) is 0 Å². The van der Waals surface area contributed by atoms with E-state index in [4.69, 9.17) is 9.47 Å². The average molecular weight is 216 g/mol. The van der Waals surface area contributed by atoms with Crippen LogP contribution in [0, 0.1) is 0 Å². The largest absolute Gasteiger partial charge is 0.390 e. The van der Waals surface area contributed by atoms with Gasteiger partial charge in [-0.1, -0.05) is 0 Å². The van der Waals surface area contributed by atoms with E-state index in [1.165, 1.54) is 0 Å². The van der Waals surface area contributed by atoms with Crippen molar-refractivity contribution < 1.29 is 14.6 Å². The fourth-order valence-corrected chi connectivity index (χ4v) is 1.78. The monoisotopic (exact) mass is 216 g/mol. The first kappa shape index (κ1) is 12.9. The molecule has 0 radical (unpaired) electrons. The van der Waals surface area contributed by atoms with Crippen molar-refractivity contribution in [2.75, 3.05) is 13.2 Å². The summed E-state index contributed by atoms with van der Waals surface area (Å²) in [6.07, 6.45) is 3.07. The minimum Gasteiger partial charge on any atom is -0.390 e. The summed E-state index contributed by atoms with van der Waals surface area (Å²) < 4.78 is 11.4. The van der Waals surface area contributed by atoms with Gasteiger partial charge in [-0.25, -0.2) is 0 Å². The van der Waals surface area contributed by atoms with Gasteiger partial charge in [-0.2, -0.15) is 0 Å². The van der Waals surface area contributed by atoms with E-state index in [1.807, 2.05) is 0 Å². The second-order valence-corrected chi connectivity index (χ2v) is 5.52. The maximum Gasteiger partial charge on any atom is 0.0887 e. The summed E-state index contributed by atoms with van der Waals surface area (Å²) in [5.41, 5.74) is -0.881. The summed E-state index contributed by atoms with van der Waals surface area (Å²) in [4.78, 5) is 0. The Labute approximate surface area is 92.8 Å². The number of ether oxygens (including phenoxy) is 2. The lowest BCUT2D eigenvalue weighted by Crippen LogP contribution is -2.39. The summed E-state index contributed by atoms with van der Waals surface area (Å²) in [6.45, 7) is 9.16. The number of rotatable bonds is 5. The highest BCUT2D eigenvalue weighted by atomic mass is 16.6. The lowest BCUT2D eigenvalue weighted by Gasteiger charge is -2.32. The Morgan fingerprint density at radius 2 is 2.00 bits per heavy atom. The molecular weight excluding hydrogens is 192 g/mol. The van der Waals surface area contributed by atoms with E-state index >= 15 is 0 Å². The predicted molar refractivity (Wildman–Crippen MR) is 59.9 cm³/mol. The molecule has 3 nitrogen and oxygen atoms in total. The first-order valence-corrected chi connectivity index (χ1v) is 5.79. The molecule has 1 N–H and O–H groups in total. The highest BCUT2D eigenvalue weighted by Gasteiger charge is 2.34. The molecule has 15 heavy (non-hydrogen) atoms. The molecule has 1 saturated heterocycles. The summed E-state index contributed by atoms with van der Waals surface area (Å²) in [5, 5.41) is 9.57. The van der Waals surface area contributed by atoms with Crippen molar-refractivity contribution in [2.24, 2.45) is 0 Å². The molecule has 1 unspecified atom stereocenters. The van der Waals surface area contributed by atoms with Gasteiger partial charge in [0.15, 0.2) is 0 Å². The van der Waals surface area contributed by atoms with Gasteiger partial charge in [0.2, 0.25) is 0 Å². The molecule has 1 heterocycles. The third-order valence-electron chi connectivity index (χ3n) is 2.89. The molecule has 1 aliphatic rings. The number of aliphatic hydroxyl groups is 1.